The van der Waals surface area contributed by atoms with E-state index in [4.69, 9.17) is 33.7 Å². The van der Waals surface area contributed by atoms with Crippen molar-refractivity contribution in [1.29, 1.82) is 0 Å². The van der Waals surface area contributed by atoms with Crippen LogP contribution in [0.3, 0.4) is 0 Å². The Kier molecular flexibility index (Phi) is 5.36. The normalized spacial score (nSPS) is 19.0. The van der Waals surface area contributed by atoms with Gasteiger partial charge in [-0.3, -0.25) is 14.3 Å². The molecule has 3 heterocycles. The Morgan fingerprint density at radius 3 is 2.64 bits per heavy atom. The van der Waals surface area contributed by atoms with Gasteiger partial charge in [0, 0.05) is 10.6 Å². The Balaban J connectivity index is 1.52. The number of carbonyl (C=O) groups is 2. The Bertz CT molecular complexity index is 1290. The third-order valence-corrected chi connectivity index (χ3v) is 6.39. The number of amides is 2. The second-order valence-electron chi connectivity index (χ2n) is 8.14. The molecule has 3 aromatic rings. The number of halogens is 1. The number of hydrogen-bond donors (Lipinski definition) is 1. The lowest BCUT2D eigenvalue weighted by molar-refractivity contribution is -0.135. The van der Waals surface area contributed by atoms with Crippen molar-refractivity contribution < 1.29 is 14.3 Å². The molecule has 9 heteroatoms. The summed E-state index contributed by atoms with van der Waals surface area (Å²) in [7, 11) is 0. The van der Waals surface area contributed by atoms with Gasteiger partial charge in [0.2, 0.25) is 5.91 Å². The lowest BCUT2D eigenvalue weighted by atomic mass is 10.0. The van der Waals surface area contributed by atoms with Gasteiger partial charge in [0.05, 0.1) is 56.1 Å². The number of nitrogens with two attached hydrogens (primary N) is 1. The van der Waals surface area contributed by atoms with E-state index < -0.39 is 5.91 Å². The van der Waals surface area contributed by atoms with Gasteiger partial charge in [0.1, 0.15) is 5.69 Å². The first-order valence-electron chi connectivity index (χ1n) is 10.5. The number of rotatable bonds is 4. The van der Waals surface area contributed by atoms with Crippen LogP contribution >= 0.6 is 11.6 Å². The van der Waals surface area contributed by atoms with Crippen LogP contribution in [0, 0.1) is 6.57 Å². The van der Waals surface area contributed by atoms with Crippen molar-refractivity contribution in [1.82, 2.24) is 14.7 Å². The molecule has 0 unspecified atom stereocenters. The smallest absolute Gasteiger partial charge is 0.252 e. The number of nitrogens with zero attached hydrogens (tertiary/aromatic N) is 4. The number of ether oxygens (including phenoxy) is 1. The summed E-state index contributed by atoms with van der Waals surface area (Å²) in [6, 6.07) is 13.7. The largest absolute Gasteiger partial charge is 0.377 e. The molecule has 1 aromatic heterocycles. The molecule has 5 rings (SSSR count). The van der Waals surface area contributed by atoms with Gasteiger partial charge in [-0.15, -0.1) is 0 Å². The summed E-state index contributed by atoms with van der Waals surface area (Å²) in [6.07, 6.45) is 0.183. The van der Waals surface area contributed by atoms with E-state index in [2.05, 4.69) is 4.85 Å². The third-order valence-electron chi connectivity index (χ3n) is 6.15. The molecule has 1 fully saturated rings. The molecule has 2 N–H and O–H groups in total. The van der Waals surface area contributed by atoms with Crippen LogP contribution in [-0.4, -0.2) is 45.8 Å². The van der Waals surface area contributed by atoms with E-state index in [-0.39, 0.29) is 31.0 Å². The maximum Gasteiger partial charge on any atom is 0.252 e. The topological polar surface area (TPSA) is 94.8 Å². The van der Waals surface area contributed by atoms with Crippen molar-refractivity contribution in [2.24, 2.45) is 5.73 Å². The molecule has 0 radical (unpaired) electrons. The van der Waals surface area contributed by atoms with Gasteiger partial charge < -0.3 is 15.4 Å². The predicted octanol–water partition coefficient (Wildman–Crippen LogP) is 3.38. The first kappa shape index (κ1) is 21.2. The molecule has 166 valence electrons. The maximum absolute atomic E-state index is 13.3. The van der Waals surface area contributed by atoms with Gasteiger partial charge in [0.25, 0.3) is 5.91 Å². The zero-order valence-electron chi connectivity index (χ0n) is 17.6. The zero-order chi connectivity index (χ0) is 23.1. The molecule has 0 spiro atoms. The number of benzene rings is 2. The molecule has 2 amide bonds. The van der Waals surface area contributed by atoms with Crippen LogP contribution < -0.4 is 5.73 Å². The predicted molar refractivity (Wildman–Crippen MR) is 122 cm³/mol. The lowest BCUT2D eigenvalue weighted by Crippen LogP contribution is -2.49. The highest BCUT2D eigenvalue weighted by Crippen LogP contribution is 2.37. The minimum Gasteiger partial charge on any atom is -0.377 e. The molecule has 33 heavy (non-hydrogen) atoms. The molecule has 0 aliphatic carbocycles. The van der Waals surface area contributed by atoms with E-state index in [1.165, 1.54) is 0 Å². The monoisotopic (exact) mass is 461 g/mol. The van der Waals surface area contributed by atoms with Gasteiger partial charge in [-0.25, -0.2) is 4.85 Å². The fourth-order valence-corrected chi connectivity index (χ4v) is 4.76. The summed E-state index contributed by atoms with van der Waals surface area (Å²) in [5.41, 5.74) is 9.16. The van der Waals surface area contributed by atoms with E-state index in [1.54, 1.807) is 52.0 Å². The van der Waals surface area contributed by atoms with Crippen molar-refractivity contribution in [3.05, 3.63) is 81.8 Å². The fraction of sp³-hybridized carbons (Fsp3) is 0.250. The fourth-order valence-electron chi connectivity index (χ4n) is 4.57. The highest BCUT2D eigenvalue weighted by Gasteiger charge is 2.44. The lowest BCUT2D eigenvalue weighted by Gasteiger charge is -2.37. The van der Waals surface area contributed by atoms with Crippen LogP contribution in [0.25, 0.3) is 16.1 Å². The molecular weight excluding hydrogens is 442 g/mol. The summed E-state index contributed by atoms with van der Waals surface area (Å²) < 4.78 is 7.51. The van der Waals surface area contributed by atoms with Gasteiger partial charge in [-0.2, -0.15) is 5.10 Å². The number of fused-ring (bicyclic) bond motifs is 3. The van der Waals surface area contributed by atoms with Crippen molar-refractivity contribution in [3.8, 4) is 11.3 Å². The van der Waals surface area contributed by atoms with Crippen LogP contribution in [0.4, 0.5) is 5.69 Å². The van der Waals surface area contributed by atoms with Crippen molar-refractivity contribution in [2.75, 3.05) is 13.2 Å². The number of aromatic nitrogens is 2. The Morgan fingerprint density at radius 1 is 1.18 bits per heavy atom. The van der Waals surface area contributed by atoms with E-state index in [0.29, 0.717) is 46.4 Å². The van der Waals surface area contributed by atoms with E-state index in [9.17, 15) is 9.59 Å². The molecule has 1 saturated heterocycles. The highest BCUT2D eigenvalue weighted by atomic mass is 35.5. The van der Waals surface area contributed by atoms with Gasteiger partial charge >= 0.3 is 0 Å². The molecular formula is C24H20ClN5O3. The highest BCUT2D eigenvalue weighted by molar-refractivity contribution is 6.30. The SMILES string of the molecule is [C-]#[N+]c1ccc(CC(=O)N2Cc3c(C(N)=O)c(-c4cccc(Cl)c4)nn3[C@H]3COC[C@H]32)cc1. The van der Waals surface area contributed by atoms with Gasteiger partial charge in [-0.1, -0.05) is 48.0 Å². The van der Waals surface area contributed by atoms with E-state index in [1.807, 2.05) is 6.07 Å². The molecule has 2 aliphatic heterocycles. The van der Waals surface area contributed by atoms with Crippen LogP contribution in [-0.2, 0) is 22.5 Å². The summed E-state index contributed by atoms with van der Waals surface area (Å²) >= 11 is 6.16. The van der Waals surface area contributed by atoms with E-state index >= 15 is 0 Å². The van der Waals surface area contributed by atoms with Crippen molar-refractivity contribution in [2.45, 2.75) is 25.0 Å². The second kappa shape index (κ2) is 8.35. The second-order valence-corrected chi connectivity index (χ2v) is 8.57. The van der Waals surface area contributed by atoms with Gasteiger partial charge in [-0.05, 0) is 17.7 Å². The number of carbonyl (C=O) groups excluding carboxylic acids is 2. The van der Waals surface area contributed by atoms with Crippen LogP contribution in [0.5, 0.6) is 0 Å². The van der Waals surface area contributed by atoms with Gasteiger partial charge in [0.15, 0.2) is 5.69 Å². The summed E-state index contributed by atoms with van der Waals surface area (Å²) in [4.78, 5) is 31.0. The minimum atomic E-state index is -0.606. The third kappa shape index (κ3) is 3.75. The molecule has 2 aliphatic rings. The van der Waals surface area contributed by atoms with Crippen LogP contribution in [0.15, 0.2) is 48.5 Å². The molecule has 2 atom stereocenters. The number of primary amides is 1. The summed E-state index contributed by atoms with van der Waals surface area (Å²) in [6.45, 7) is 8.06. The standard InChI is InChI=1S/C24H20ClN5O3/c1-27-17-7-5-14(6-8-17)9-21(31)29-11-18-22(24(26)32)23(15-3-2-4-16(25)10-15)28-30(18)20-13-33-12-19(20)29/h2-8,10,19-20H,9,11-13H2,(H2,26,32)/t19-,20+/m1/s1. The van der Waals surface area contributed by atoms with E-state index in [0.717, 1.165) is 5.56 Å². The summed E-state index contributed by atoms with van der Waals surface area (Å²) in [5.74, 6) is -0.691. The average Bonchev–Trinajstić information content (AvgIpc) is 3.43. The number of hydrogen-bond acceptors (Lipinski definition) is 4. The Labute approximate surface area is 195 Å². The van der Waals surface area contributed by atoms with Crippen molar-refractivity contribution >= 4 is 29.1 Å². The molecule has 2 aromatic carbocycles. The zero-order valence-corrected chi connectivity index (χ0v) is 18.3. The maximum atomic E-state index is 13.3. The average molecular weight is 462 g/mol. The molecule has 8 nitrogen and oxygen atoms in total. The van der Waals surface area contributed by atoms with Crippen LogP contribution in [0.2, 0.25) is 5.02 Å². The Hall–Kier alpha value is -3.67. The van der Waals surface area contributed by atoms with Crippen molar-refractivity contribution in [3.63, 3.8) is 0 Å². The minimum absolute atomic E-state index is 0.0850. The molecule has 0 bridgehead atoms. The first-order chi connectivity index (χ1) is 16.0. The quantitative estimate of drug-likeness (QED) is 0.602. The molecule has 0 saturated carbocycles. The first-order valence-corrected chi connectivity index (χ1v) is 10.8. The summed E-state index contributed by atoms with van der Waals surface area (Å²) in [5, 5.41) is 5.26. The Morgan fingerprint density at radius 2 is 1.94 bits per heavy atom. The van der Waals surface area contributed by atoms with Crippen LogP contribution in [0.1, 0.15) is 27.7 Å².